The quantitative estimate of drug-likeness (QED) is 0.140. The molecule has 4 aromatic rings. The largest absolute Gasteiger partial charge is 0.488 e. The number of ether oxygens (including phenoxy) is 2. The first-order valence-corrected chi connectivity index (χ1v) is 16.6. The summed E-state index contributed by atoms with van der Waals surface area (Å²) in [5.74, 6) is 1.55. The van der Waals surface area contributed by atoms with E-state index in [2.05, 4.69) is 33.4 Å². The van der Waals surface area contributed by atoms with Gasteiger partial charge in [0, 0.05) is 32.1 Å². The highest BCUT2D eigenvalue weighted by atomic mass is 79.9. The Labute approximate surface area is 269 Å². The van der Waals surface area contributed by atoms with Gasteiger partial charge in [0.15, 0.2) is 0 Å². The smallest absolute Gasteiger partial charge is 0.338 e. The number of hydrogen-bond acceptors (Lipinski definition) is 7. The minimum absolute atomic E-state index is 0.0882. The Morgan fingerprint density at radius 1 is 1.07 bits per heavy atom. The number of allylic oxidation sites excluding steroid dienone is 1. The number of carbonyl (C=O) groups excluding carboxylic acids is 1. The molecule has 0 bridgehead atoms. The molecule has 1 fully saturated rings. The molecule has 222 valence electrons. The fourth-order valence-corrected chi connectivity index (χ4v) is 6.85. The molecule has 0 spiro atoms. The number of nitrogens with one attached hydrogen (secondary N) is 1. The lowest BCUT2D eigenvalue weighted by atomic mass is 9.94. The lowest BCUT2D eigenvalue weighted by Gasteiger charge is -2.31. The maximum Gasteiger partial charge on any atom is 0.338 e. The van der Waals surface area contributed by atoms with Crippen LogP contribution in [-0.4, -0.2) is 26.8 Å². The average Bonchev–Trinajstić information content (AvgIpc) is 3.42. The number of rotatable bonds is 9. The van der Waals surface area contributed by atoms with Crippen molar-refractivity contribution < 1.29 is 14.3 Å². The Kier molecular flexibility index (Phi) is 9.40. The van der Waals surface area contributed by atoms with Crippen LogP contribution < -0.4 is 10.1 Å². The van der Waals surface area contributed by atoms with Crippen molar-refractivity contribution in [2.45, 2.75) is 68.7 Å². The second kappa shape index (κ2) is 13.6. The van der Waals surface area contributed by atoms with Gasteiger partial charge in [-0.15, -0.1) is 5.10 Å². The summed E-state index contributed by atoms with van der Waals surface area (Å²) in [6.45, 7) is 2.16. The van der Waals surface area contributed by atoms with Gasteiger partial charge in [0.25, 0.3) is 0 Å². The van der Waals surface area contributed by atoms with E-state index in [4.69, 9.17) is 31.2 Å². The van der Waals surface area contributed by atoms with Gasteiger partial charge in [0.1, 0.15) is 24.5 Å². The molecule has 1 aromatic heterocycles. The third kappa shape index (κ3) is 6.95. The van der Waals surface area contributed by atoms with Crippen molar-refractivity contribution in [3.05, 3.63) is 110 Å². The predicted octanol–water partition coefficient (Wildman–Crippen LogP) is 8.73. The van der Waals surface area contributed by atoms with Crippen molar-refractivity contribution in [2.24, 2.45) is 0 Å². The second-order valence-corrected chi connectivity index (χ2v) is 13.0. The summed E-state index contributed by atoms with van der Waals surface area (Å²) >= 11 is 11.6. The van der Waals surface area contributed by atoms with Gasteiger partial charge >= 0.3 is 5.97 Å². The SMILES string of the molecule is CC1=C(C(=O)OC2CCCCC2)C(c2cc(Br)ccc2OCc2ccccc2Cl)n2nc(SCc3ccccc3)nc2N1. The van der Waals surface area contributed by atoms with Gasteiger partial charge in [-0.1, -0.05) is 94.2 Å². The average molecular weight is 680 g/mol. The zero-order chi connectivity index (χ0) is 29.8. The zero-order valence-electron chi connectivity index (χ0n) is 23.8. The molecule has 0 saturated heterocycles. The van der Waals surface area contributed by atoms with Crippen molar-refractivity contribution in [3.8, 4) is 5.75 Å². The first-order valence-electron chi connectivity index (χ1n) is 14.4. The molecule has 1 saturated carbocycles. The molecule has 1 N–H and O–H groups in total. The monoisotopic (exact) mass is 678 g/mol. The van der Waals surface area contributed by atoms with Gasteiger partial charge in [-0.25, -0.2) is 9.48 Å². The van der Waals surface area contributed by atoms with Crippen LogP contribution in [0.5, 0.6) is 5.75 Å². The Morgan fingerprint density at radius 2 is 1.84 bits per heavy atom. The molecule has 1 aliphatic carbocycles. The summed E-state index contributed by atoms with van der Waals surface area (Å²) in [4.78, 5) is 18.8. The number of thioether (sulfide) groups is 1. The number of carbonyl (C=O) groups is 1. The third-order valence-corrected chi connectivity index (χ3v) is 9.47. The molecule has 1 unspecified atom stereocenters. The minimum atomic E-state index is -0.621. The summed E-state index contributed by atoms with van der Waals surface area (Å²) in [6, 6.07) is 23.0. The minimum Gasteiger partial charge on any atom is -0.488 e. The molecule has 1 aliphatic heterocycles. The van der Waals surface area contributed by atoms with Crippen LogP contribution in [-0.2, 0) is 21.9 Å². The molecule has 2 heterocycles. The Morgan fingerprint density at radius 3 is 2.63 bits per heavy atom. The fraction of sp³-hybridized carbons (Fsp3) is 0.303. The Balaban J connectivity index is 1.37. The van der Waals surface area contributed by atoms with Gasteiger partial charge in [0.05, 0.1) is 5.57 Å². The van der Waals surface area contributed by atoms with Crippen LogP contribution in [0, 0.1) is 0 Å². The maximum atomic E-state index is 14.0. The molecule has 10 heteroatoms. The van der Waals surface area contributed by atoms with Crippen molar-refractivity contribution in [3.63, 3.8) is 0 Å². The Bertz CT molecular complexity index is 1640. The van der Waals surface area contributed by atoms with Gasteiger partial charge in [-0.05, 0) is 62.4 Å². The summed E-state index contributed by atoms with van der Waals surface area (Å²) < 4.78 is 15.1. The molecular formula is C33H32BrClN4O3S. The van der Waals surface area contributed by atoms with E-state index >= 15 is 0 Å². The second-order valence-electron chi connectivity index (χ2n) is 10.7. The van der Waals surface area contributed by atoms with Crippen molar-refractivity contribution >= 4 is 51.2 Å². The number of hydrogen-bond donors (Lipinski definition) is 1. The van der Waals surface area contributed by atoms with Gasteiger partial charge < -0.3 is 14.8 Å². The van der Waals surface area contributed by atoms with E-state index in [0.717, 1.165) is 47.0 Å². The van der Waals surface area contributed by atoms with Crippen LogP contribution in [0.2, 0.25) is 5.02 Å². The van der Waals surface area contributed by atoms with Crippen molar-refractivity contribution in [2.75, 3.05) is 5.32 Å². The molecule has 7 nitrogen and oxygen atoms in total. The highest BCUT2D eigenvalue weighted by Crippen LogP contribution is 2.42. The standard InChI is InChI=1S/C33H32BrClN4O3S/c1-21-29(31(40)42-25-13-6-3-7-14-25)30(39-32(36-21)37-33(38-39)43-20-22-10-4-2-5-11-22)26-18-24(34)16-17-28(26)41-19-23-12-8-9-15-27(23)35/h2,4-5,8-12,15-18,25,30H,3,6-7,13-14,19-20H2,1H3,(H,36,37,38). The lowest BCUT2D eigenvalue weighted by Crippen LogP contribution is -2.32. The van der Waals surface area contributed by atoms with E-state index in [1.807, 2.05) is 67.6 Å². The van der Waals surface area contributed by atoms with E-state index < -0.39 is 6.04 Å². The molecule has 0 amide bonds. The predicted molar refractivity (Wildman–Crippen MR) is 173 cm³/mol. The number of benzene rings is 3. The normalized spacial score (nSPS) is 16.9. The number of fused-ring (bicyclic) bond motifs is 1. The molecule has 43 heavy (non-hydrogen) atoms. The molecule has 2 aliphatic rings. The van der Waals surface area contributed by atoms with Crippen molar-refractivity contribution in [1.82, 2.24) is 14.8 Å². The summed E-state index contributed by atoms with van der Waals surface area (Å²) in [5, 5.41) is 9.49. The van der Waals surface area contributed by atoms with Crippen LogP contribution in [0.3, 0.4) is 0 Å². The third-order valence-electron chi connectivity index (χ3n) is 7.70. The Hall–Kier alpha value is -3.27. The zero-order valence-corrected chi connectivity index (χ0v) is 26.9. The van der Waals surface area contributed by atoms with Gasteiger partial charge in [-0.2, -0.15) is 4.98 Å². The maximum absolute atomic E-state index is 14.0. The van der Waals surface area contributed by atoms with E-state index in [1.165, 1.54) is 12.0 Å². The van der Waals surface area contributed by atoms with Gasteiger partial charge in [0.2, 0.25) is 11.1 Å². The van der Waals surface area contributed by atoms with E-state index in [-0.39, 0.29) is 18.7 Å². The molecule has 6 rings (SSSR count). The van der Waals surface area contributed by atoms with Crippen LogP contribution in [0.1, 0.15) is 61.8 Å². The number of nitrogens with zero attached hydrogens (tertiary/aromatic N) is 3. The van der Waals surface area contributed by atoms with Crippen LogP contribution >= 0.6 is 39.3 Å². The fourth-order valence-electron chi connectivity index (χ4n) is 5.50. The van der Waals surface area contributed by atoms with Crippen LogP contribution in [0.15, 0.2) is 93.7 Å². The molecule has 3 aromatic carbocycles. The molecule has 0 radical (unpaired) electrons. The first kappa shape index (κ1) is 29.8. The first-order chi connectivity index (χ1) is 21.0. The van der Waals surface area contributed by atoms with Crippen LogP contribution in [0.4, 0.5) is 5.95 Å². The number of aromatic nitrogens is 3. The van der Waals surface area contributed by atoms with Crippen LogP contribution in [0.25, 0.3) is 0 Å². The summed E-state index contributed by atoms with van der Waals surface area (Å²) in [6.07, 6.45) is 4.99. The highest BCUT2D eigenvalue weighted by molar-refractivity contribution is 9.10. The number of esters is 1. The van der Waals surface area contributed by atoms with E-state index in [9.17, 15) is 4.79 Å². The lowest BCUT2D eigenvalue weighted by molar-refractivity contribution is -0.146. The van der Waals surface area contributed by atoms with E-state index in [1.54, 1.807) is 16.4 Å². The molecular weight excluding hydrogens is 648 g/mol. The molecule has 1 atom stereocenters. The van der Waals surface area contributed by atoms with E-state index in [0.29, 0.717) is 33.1 Å². The van der Waals surface area contributed by atoms with Crippen molar-refractivity contribution in [1.29, 1.82) is 0 Å². The highest BCUT2D eigenvalue weighted by Gasteiger charge is 2.38. The number of halogens is 2. The summed E-state index contributed by atoms with van der Waals surface area (Å²) in [5.41, 5.74) is 3.99. The van der Waals surface area contributed by atoms with Gasteiger partial charge in [-0.3, -0.25) is 0 Å². The topological polar surface area (TPSA) is 78.3 Å². The number of anilines is 1. The summed E-state index contributed by atoms with van der Waals surface area (Å²) in [7, 11) is 0.